The molecule has 0 aromatic heterocycles. The monoisotopic (exact) mass is 604 g/mol. The van der Waals surface area contributed by atoms with Crippen LogP contribution in [0.25, 0.3) is 0 Å². The van der Waals surface area contributed by atoms with Crippen LogP contribution < -0.4 is 10.6 Å². The Balaban J connectivity index is 1.59. The smallest absolute Gasteiger partial charge is 0.407 e. The van der Waals surface area contributed by atoms with Crippen LogP contribution in [0.3, 0.4) is 0 Å². The standard InChI is InChI=1S/C31H48N4O8/c1-5-12-25(37)34(23-36)17-8-6-10-19-42-28(40)32-22-31(4)16-15-24(21-30(31,2)3)33-29(41)43-20-11-7-9-18-35-26(38)13-14-27(35)39/h5,12-14,23-24H,6-11,15-22H2,1-4H3,(H,32,40)(H,33,41)/b12-5-. The van der Waals surface area contributed by atoms with Crippen molar-refractivity contribution >= 4 is 36.3 Å². The molecule has 43 heavy (non-hydrogen) atoms. The Morgan fingerprint density at radius 3 is 2.21 bits per heavy atom. The van der Waals surface area contributed by atoms with Crippen LogP contribution in [0, 0.1) is 10.8 Å². The molecule has 6 amide bonds. The Labute approximate surface area is 254 Å². The molecule has 2 aliphatic rings. The maximum Gasteiger partial charge on any atom is 0.407 e. The average Bonchev–Trinajstić information content (AvgIpc) is 3.27. The molecule has 0 saturated heterocycles. The molecule has 12 heteroatoms. The molecule has 0 radical (unpaired) electrons. The molecule has 2 unspecified atom stereocenters. The average molecular weight is 605 g/mol. The number of hydrogen-bond donors (Lipinski definition) is 2. The van der Waals surface area contributed by atoms with E-state index in [0.29, 0.717) is 58.1 Å². The Morgan fingerprint density at radius 1 is 0.977 bits per heavy atom. The van der Waals surface area contributed by atoms with Gasteiger partial charge < -0.3 is 20.1 Å². The molecular weight excluding hydrogens is 556 g/mol. The summed E-state index contributed by atoms with van der Waals surface area (Å²) in [5.41, 5.74) is -0.371. The highest BCUT2D eigenvalue weighted by Crippen LogP contribution is 2.49. The fourth-order valence-corrected chi connectivity index (χ4v) is 5.32. The van der Waals surface area contributed by atoms with Crippen LogP contribution in [0.15, 0.2) is 24.3 Å². The molecule has 1 heterocycles. The number of hydrogen-bond acceptors (Lipinski definition) is 8. The molecule has 12 nitrogen and oxygen atoms in total. The largest absolute Gasteiger partial charge is 0.450 e. The molecule has 2 rings (SSSR count). The second-order valence-electron chi connectivity index (χ2n) is 12.1. The second kappa shape index (κ2) is 17.4. The number of allylic oxidation sites excluding steroid dienone is 1. The molecule has 1 aliphatic carbocycles. The van der Waals surface area contributed by atoms with E-state index in [4.69, 9.17) is 9.47 Å². The Morgan fingerprint density at radius 2 is 1.60 bits per heavy atom. The Bertz CT molecular complexity index is 1040. The predicted molar refractivity (Wildman–Crippen MR) is 160 cm³/mol. The van der Waals surface area contributed by atoms with Gasteiger partial charge in [-0.25, -0.2) is 9.59 Å². The number of carbonyl (C=O) groups excluding carboxylic acids is 6. The Kier molecular flexibility index (Phi) is 14.4. The van der Waals surface area contributed by atoms with Gasteiger partial charge in [-0.15, -0.1) is 0 Å². The summed E-state index contributed by atoms with van der Waals surface area (Å²) < 4.78 is 10.7. The van der Waals surface area contributed by atoms with E-state index in [1.807, 2.05) is 0 Å². The summed E-state index contributed by atoms with van der Waals surface area (Å²) in [6, 6.07) is -0.0364. The third kappa shape index (κ3) is 11.5. The fraction of sp³-hybridized carbons (Fsp3) is 0.677. The number of carbonyl (C=O) groups is 6. The molecule has 0 spiro atoms. The number of nitrogens with zero attached hydrogens (tertiary/aromatic N) is 2. The van der Waals surface area contributed by atoms with Crippen LogP contribution in [0.2, 0.25) is 0 Å². The van der Waals surface area contributed by atoms with Crippen molar-refractivity contribution in [3.8, 4) is 0 Å². The third-order valence-electron chi connectivity index (χ3n) is 8.54. The summed E-state index contributed by atoms with van der Waals surface area (Å²) in [6.07, 6.45) is 11.4. The van der Waals surface area contributed by atoms with Gasteiger partial charge in [0.1, 0.15) is 0 Å². The van der Waals surface area contributed by atoms with Crippen molar-refractivity contribution in [1.82, 2.24) is 20.4 Å². The quantitative estimate of drug-likeness (QED) is 0.110. The molecule has 0 bridgehead atoms. The first-order valence-electron chi connectivity index (χ1n) is 15.2. The molecule has 0 aromatic rings. The van der Waals surface area contributed by atoms with Crippen LogP contribution >= 0.6 is 0 Å². The van der Waals surface area contributed by atoms with Crippen molar-refractivity contribution in [3.63, 3.8) is 0 Å². The molecule has 240 valence electrons. The highest BCUT2D eigenvalue weighted by atomic mass is 16.6. The maximum atomic E-state index is 12.3. The topological polar surface area (TPSA) is 151 Å². The van der Waals surface area contributed by atoms with Crippen LogP contribution in [-0.2, 0) is 28.7 Å². The number of unbranched alkanes of at least 4 members (excludes halogenated alkanes) is 4. The Hall–Kier alpha value is -3.70. The van der Waals surface area contributed by atoms with E-state index in [0.717, 1.165) is 30.6 Å². The SMILES string of the molecule is C/C=C\C(=O)N(C=O)CCCCCOC(=O)NCC1(C)CCC(NC(=O)OCCCCCN2C(=O)C=CC2=O)CC1(C)C. The maximum absolute atomic E-state index is 12.3. The lowest BCUT2D eigenvalue weighted by Crippen LogP contribution is -2.53. The molecule has 1 aliphatic heterocycles. The van der Waals surface area contributed by atoms with Crippen LogP contribution in [-0.4, -0.2) is 85.0 Å². The number of nitrogens with one attached hydrogen (secondary N) is 2. The summed E-state index contributed by atoms with van der Waals surface area (Å²) in [5, 5.41) is 5.86. The van der Waals surface area contributed by atoms with Gasteiger partial charge in [-0.3, -0.25) is 29.0 Å². The number of alkyl carbamates (subject to hydrolysis) is 2. The number of amides is 6. The van der Waals surface area contributed by atoms with E-state index in [2.05, 4.69) is 31.4 Å². The van der Waals surface area contributed by atoms with Crippen molar-refractivity contribution in [3.05, 3.63) is 24.3 Å². The molecule has 2 N–H and O–H groups in total. The predicted octanol–water partition coefficient (Wildman–Crippen LogP) is 3.85. The van der Waals surface area contributed by atoms with Crippen molar-refractivity contribution in [2.45, 2.75) is 91.5 Å². The normalized spacial score (nSPS) is 21.1. The first-order valence-corrected chi connectivity index (χ1v) is 15.2. The van der Waals surface area contributed by atoms with Crippen LogP contribution in [0.5, 0.6) is 0 Å². The molecule has 1 saturated carbocycles. The lowest BCUT2D eigenvalue weighted by Gasteiger charge is -2.50. The minimum Gasteiger partial charge on any atom is -0.450 e. The molecule has 1 fully saturated rings. The third-order valence-corrected chi connectivity index (χ3v) is 8.54. The van der Waals surface area contributed by atoms with Gasteiger partial charge in [-0.1, -0.05) is 26.8 Å². The van der Waals surface area contributed by atoms with Crippen molar-refractivity contribution in [1.29, 1.82) is 0 Å². The molecule has 0 aromatic carbocycles. The molecular formula is C31H48N4O8. The van der Waals surface area contributed by atoms with E-state index >= 15 is 0 Å². The summed E-state index contributed by atoms with van der Waals surface area (Å²) in [4.78, 5) is 72.9. The van der Waals surface area contributed by atoms with E-state index in [1.54, 1.807) is 13.0 Å². The van der Waals surface area contributed by atoms with Crippen LogP contribution in [0.1, 0.15) is 85.5 Å². The van der Waals surface area contributed by atoms with Crippen LogP contribution in [0.4, 0.5) is 9.59 Å². The summed E-state index contributed by atoms with van der Waals surface area (Å²) in [5.74, 6) is -0.915. The van der Waals surface area contributed by atoms with Crippen molar-refractivity contribution in [2.75, 3.05) is 32.8 Å². The number of ether oxygens (including phenoxy) is 2. The first kappa shape index (κ1) is 35.5. The van der Waals surface area contributed by atoms with E-state index in [1.165, 1.54) is 23.1 Å². The highest BCUT2D eigenvalue weighted by molar-refractivity contribution is 6.12. The van der Waals surface area contributed by atoms with Crippen molar-refractivity contribution < 1.29 is 38.2 Å². The number of rotatable bonds is 17. The van der Waals surface area contributed by atoms with Crippen molar-refractivity contribution in [2.24, 2.45) is 10.8 Å². The van der Waals surface area contributed by atoms with E-state index < -0.39 is 12.2 Å². The number of imide groups is 2. The van der Waals surface area contributed by atoms with Gasteiger partial charge in [0.2, 0.25) is 6.41 Å². The minimum absolute atomic E-state index is 0.0364. The lowest BCUT2D eigenvalue weighted by atomic mass is 9.57. The fourth-order valence-electron chi connectivity index (χ4n) is 5.32. The van der Waals surface area contributed by atoms with E-state index in [-0.39, 0.29) is 47.8 Å². The van der Waals surface area contributed by atoms with Gasteiger partial charge in [0, 0.05) is 37.8 Å². The summed E-state index contributed by atoms with van der Waals surface area (Å²) in [6.45, 7) is 9.76. The van der Waals surface area contributed by atoms with Gasteiger partial charge in [-0.2, -0.15) is 0 Å². The first-order chi connectivity index (χ1) is 20.4. The summed E-state index contributed by atoms with van der Waals surface area (Å²) >= 11 is 0. The highest BCUT2D eigenvalue weighted by Gasteiger charge is 2.46. The van der Waals surface area contributed by atoms with Gasteiger partial charge in [0.25, 0.3) is 17.7 Å². The zero-order chi connectivity index (χ0) is 31.9. The van der Waals surface area contributed by atoms with Gasteiger partial charge >= 0.3 is 12.2 Å². The molecule has 2 atom stereocenters. The zero-order valence-corrected chi connectivity index (χ0v) is 26.0. The summed E-state index contributed by atoms with van der Waals surface area (Å²) in [7, 11) is 0. The minimum atomic E-state index is -0.478. The van der Waals surface area contributed by atoms with E-state index in [9.17, 15) is 28.8 Å². The lowest BCUT2D eigenvalue weighted by molar-refractivity contribution is -0.137. The van der Waals surface area contributed by atoms with Gasteiger partial charge in [-0.05, 0) is 81.6 Å². The van der Waals surface area contributed by atoms with Gasteiger partial charge in [0.05, 0.1) is 13.2 Å². The van der Waals surface area contributed by atoms with Gasteiger partial charge in [0.15, 0.2) is 0 Å². The zero-order valence-electron chi connectivity index (χ0n) is 26.0. The second-order valence-corrected chi connectivity index (χ2v) is 12.1.